The van der Waals surface area contributed by atoms with Crippen LogP contribution in [0, 0.1) is 0 Å². The summed E-state index contributed by atoms with van der Waals surface area (Å²) in [6.07, 6.45) is 0.926. The van der Waals surface area contributed by atoms with Crippen molar-refractivity contribution in [2.45, 2.75) is 19.9 Å². The number of fused-ring (bicyclic) bond motifs is 1. The van der Waals surface area contributed by atoms with Crippen LogP contribution in [0.4, 0.5) is 4.79 Å². The van der Waals surface area contributed by atoms with Crippen molar-refractivity contribution in [1.82, 2.24) is 9.80 Å². The van der Waals surface area contributed by atoms with E-state index in [1.165, 1.54) is 11.8 Å². The molecule has 0 aromatic heterocycles. The molecule has 0 saturated carbocycles. The van der Waals surface area contributed by atoms with E-state index >= 15 is 0 Å². The van der Waals surface area contributed by atoms with Crippen LogP contribution in [0.1, 0.15) is 18.9 Å². The quantitative estimate of drug-likeness (QED) is 0.743. The Hall–Kier alpha value is -2.21. The van der Waals surface area contributed by atoms with E-state index in [0.29, 0.717) is 19.7 Å². The van der Waals surface area contributed by atoms with E-state index in [2.05, 4.69) is 19.1 Å². The summed E-state index contributed by atoms with van der Waals surface area (Å²) in [7, 11) is 1.78. The molecule has 3 rings (SSSR count). The standard InChI is InChI=1S/C20H24N2O3S/c1-3-11-25-18-9-8-15-6-4-5-7-16(15)17(18)13-21(2)19(23)14-22-10-12-26-20(22)24/h4-9H,3,10-14H2,1-2H3. The third-order valence-electron chi connectivity index (χ3n) is 4.45. The molecule has 1 fully saturated rings. The number of thioether (sulfide) groups is 1. The van der Waals surface area contributed by atoms with Gasteiger partial charge in [0.05, 0.1) is 6.61 Å². The van der Waals surface area contributed by atoms with Crippen LogP contribution in [-0.4, -0.2) is 53.4 Å². The predicted octanol–water partition coefficient (Wildman–Crippen LogP) is 3.76. The lowest BCUT2D eigenvalue weighted by Crippen LogP contribution is -2.38. The summed E-state index contributed by atoms with van der Waals surface area (Å²) < 4.78 is 5.92. The van der Waals surface area contributed by atoms with E-state index in [-0.39, 0.29) is 17.7 Å². The molecule has 2 aromatic rings. The van der Waals surface area contributed by atoms with Crippen LogP contribution in [0.15, 0.2) is 36.4 Å². The van der Waals surface area contributed by atoms with E-state index in [4.69, 9.17) is 4.74 Å². The molecule has 138 valence electrons. The second kappa shape index (κ2) is 8.45. The van der Waals surface area contributed by atoms with Gasteiger partial charge in [-0.3, -0.25) is 9.59 Å². The molecule has 1 heterocycles. The molecular formula is C20H24N2O3S. The van der Waals surface area contributed by atoms with Crippen molar-refractivity contribution in [3.8, 4) is 5.75 Å². The van der Waals surface area contributed by atoms with E-state index in [0.717, 1.165) is 34.3 Å². The van der Waals surface area contributed by atoms with Crippen molar-refractivity contribution in [2.75, 3.05) is 32.5 Å². The molecule has 0 spiro atoms. The monoisotopic (exact) mass is 372 g/mol. The molecule has 0 atom stereocenters. The van der Waals surface area contributed by atoms with Gasteiger partial charge in [0, 0.05) is 31.5 Å². The minimum absolute atomic E-state index is 0.0103. The average Bonchev–Trinajstić information content (AvgIpc) is 3.05. The van der Waals surface area contributed by atoms with Gasteiger partial charge in [-0.1, -0.05) is 49.0 Å². The molecule has 6 heteroatoms. The van der Waals surface area contributed by atoms with Crippen molar-refractivity contribution in [1.29, 1.82) is 0 Å². The fourth-order valence-electron chi connectivity index (χ4n) is 3.00. The van der Waals surface area contributed by atoms with Crippen molar-refractivity contribution in [3.63, 3.8) is 0 Å². The Labute approximate surface area is 158 Å². The first-order valence-corrected chi connectivity index (χ1v) is 9.87. The summed E-state index contributed by atoms with van der Waals surface area (Å²) in [5.74, 6) is 1.52. The number of carbonyl (C=O) groups excluding carboxylic acids is 2. The van der Waals surface area contributed by atoms with Crippen LogP contribution >= 0.6 is 11.8 Å². The maximum absolute atomic E-state index is 12.6. The SMILES string of the molecule is CCCOc1ccc2ccccc2c1CN(C)C(=O)CN1CCSC1=O. The van der Waals surface area contributed by atoms with Gasteiger partial charge in [-0.15, -0.1) is 0 Å². The molecule has 0 bridgehead atoms. The Bertz CT molecular complexity index is 809. The van der Waals surface area contributed by atoms with Crippen LogP contribution in [-0.2, 0) is 11.3 Å². The summed E-state index contributed by atoms with van der Waals surface area (Å²) in [4.78, 5) is 27.6. The molecule has 5 nitrogen and oxygen atoms in total. The van der Waals surface area contributed by atoms with Crippen LogP contribution in [0.2, 0.25) is 0 Å². The van der Waals surface area contributed by atoms with Crippen molar-refractivity contribution in [3.05, 3.63) is 42.0 Å². The number of benzene rings is 2. The van der Waals surface area contributed by atoms with Crippen molar-refractivity contribution in [2.24, 2.45) is 0 Å². The van der Waals surface area contributed by atoms with Gasteiger partial charge in [-0.2, -0.15) is 0 Å². The maximum atomic E-state index is 12.6. The maximum Gasteiger partial charge on any atom is 0.282 e. The highest BCUT2D eigenvalue weighted by Crippen LogP contribution is 2.29. The predicted molar refractivity (Wildman–Crippen MR) is 106 cm³/mol. The second-order valence-corrected chi connectivity index (χ2v) is 7.44. The number of hydrogen-bond acceptors (Lipinski definition) is 4. The number of likely N-dealkylation sites (N-methyl/N-ethyl adjacent to an activating group) is 1. The molecule has 0 N–H and O–H groups in total. The molecule has 1 aliphatic heterocycles. The van der Waals surface area contributed by atoms with E-state index < -0.39 is 0 Å². The van der Waals surface area contributed by atoms with Crippen LogP contribution in [0.3, 0.4) is 0 Å². The zero-order valence-electron chi connectivity index (χ0n) is 15.2. The highest BCUT2D eigenvalue weighted by molar-refractivity contribution is 8.13. The minimum Gasteiger partial charge on any atom is -0.493 e. The number of rotatable bonds is 7. The summed E-state index contributed by atoms with van der Waals surface area (Å²) in [5.41, 5.74) is 1.01. The van der Waals surface area contributed by atoms with Gasteiger partial charge >= 0.3 is 0 Å². The molecule has 2 aromatic carbocycles. The number of ether oxygens (including phenoxy) is 1. The lowest BCUT2D eigenvalue weighted by Gasteiger charge is -2.23. The molecular weight excluding hydrogens is 348 g/mol. The van der Waals surface area contributed by atoms with Gasteiger partial charge in [-0.25, -0.2) is 0 Å². The molecule has 0 unspecified atom stereocenters. The fraction of sp³-hybridized carbons (Fsp3) is 0.400. The number of hydrogen-bond donors (Lipinski definition) is 0. The Morgan fingerprint density at radius 1 is 1.27 bits per heavy atom. The highest BCUT2D eigenvalue weighted by Gasteiger charge is 2.25. The van der Waals surface area contributed by atoms with Crippen LogP contribution < -0.4 is 4.74 Å². The van der Waals surface area contributed by atoms with Gasteiger partial charge < -0.3 is 14.5 Å². The zero-order chi connectivity index (χ0) is 18.5. The Kier molecular flexibility index (Phi) is 6.04. The average molecular weight is 372 g/mol. The van der Waals surface area contributed by atoms with Gasteiger partial charge in [0.2, 0.25) is 5.91 Å². The largest absolute Gasteiger partial charge is 0.493 e. The second-order valence-electron chi connectivity index (χ2n) is 6.40. The topological polar surface area (TPSA) is 49.9 Å². The first-order chi connectivity index (χ1) is 12.6. The van der Waals surface area contributed by atoms with Crippen molar-refractivity contribution >= 4 is 33.7 Å². The third kappa shape index (κ3) is 4.12. The Morgan fingerprint density at radius 3 is 2.81 bits per heavy atom. The van der Waals surface area contributed by atoms with Gasteiger partial charge in [0.1, 0.15) is 12.3 Å². The van der Waals surface area contributed by atoms with E-state index in [9.17, 15) is 9.59 Å². The molecule has 1 aliphatic rings. The smallest absolute Gasteiger partial charge is 0.282 e. The summed E-state index contributed by atoms with van der Waals surface area (Å²) in [6, 6.07) is 12.1. The summed E-state index contributed by atoms with van der Waals surface area (Å²) >= 11 is 1.27. The first kappa shape index (κ1) is 18.6. The van der Waals surface area contributed by atoms with Gasteiger partial charge in [-0.05, 0) is 23.3 Å². The van der Waals surface area contributed by atoms with Crippen molar-refractivity contribution < 1.29 is 14.3 Å². The van der Waals surface area contributed by atoms with Crippen LogP contribution in [0.5, 0.6) is 5.75 Å². The molecule has 0 aliphatic carbocycles. The van der Waals surface area contributed by atoms with Gasteiger partial charge in [0.15, 0.2) is 0 Å². The zero-order valence-corrected chi connectivity index (χ0v) is 16.1. The highest BCUT2D eigenvalue weighted by atomic mass is 32.2. The molecule has 1 saturated heterocycles. The molecule has 0 radical (unpaired) electrons. The number of nitrogens with zero attached hydrogens (tertiary/aromatic N) is 2. The van der Waals surface area contributed by atoms with E-state index in [1.54, 1.807) is 16.8 Å². The normalized spacial score (nSPS) is 14.1. The van der Waals surface area contributed by atoms with Crippen LogP contribution in [0.25, 0.3) is 10.8 Å². The molecule has 2 amide bonds. The minimum atomic E-state index is -0.0600. The first-order valence-electron chi connectivity index (χ1n) is 8.89. The lowest BCUT2D eigenvalue weighted by atomic mass is 10.0. The number of amides is 2. The fourth-order valence-corrected chi connectivity index (χ4v) is 3.83. The Morgan fingerprint density at radius 2 is 2.08 bits per heavy atom. The lowest BCUT2D eigenvalue weighted by molar-refractivity contribution is -0.130. The summed E-state index contributed by atoms with van der Waals surface area (Å²) in [5, 5.41) is 2.20. The summed E-state index contributed by atoms with van der Waals surface area (Å²) in [6.45, 7) is 3.94. The third-order valence-corrected chi connectivity index (χ3v) is 5.34. The van der Waals surface area contributed by atoms with E-state index in [1.807, 2.05) is 24.3 Å². The number of carbonyl (C=O) groups is 2. The molecule has 26 heavy (non-hydrogen) atoms. The Balaban J connectivity index is 1.81. The van der Waals surface area contributed by atoms with Gasteiger partial charge in [0.25, 0.3) is 5.24 Å².